The summed E-state index contributed by atoms with van der Waals surface area (Å²) in [5.41, 5.74) is 1.41. The molecule has 0 aliphatic carbocycles. The van der Waals surface area contributed by atoms with E-state index >= 15 is 0 Å². The maximum Gasteiger partial charge on any atom is 0.128 e. The Bertz CT molecular complexity index is 537. The second-order valence-electron chi connectivity index (χ2n) is 3.96. The maximum atomic E-state index is 10.3. The Hall–Kier alpha value is -2.01. The van der Waals surface area contributed by atoms with Crippen molar-refractivity contribution in [2.45, 2.75) is 6.10 Å². The van der Waals surface area contributed by atoms with E-state index in [0.717, 1.165) is 5.56 Å². The number of aliphatic hydroxyl groups excluding tert-OH is 1. The second kappa shape index (κ2) is 5.10. The van der Waals surface area contributed by atoms with E-state index in [1.807, 2.05) is 7.05 Å². The van der Waals surface area contributed by atoms with Gasteiger partial charge in [-0.05, 0) is 12.1 Å². The highest BCUT2D eigenvalue weighted by atomic mass is 16.5. The molecule has 2 aromatic rings. The van der Waals surface area contributed by atoms with E-state index in [-0.39, 0.29) is 0 Å². The SMILES string of the molecule is COc1ccc(C(O)c2cnn(C)c2)c(OC)c1. The van der Waals surface area contributed by atoms with Gasteiger partial charge in [-0.2, -0.15) is 5.10 Å². The molecule has 0 amide bonds. The van der Waals surface area contributed by atoms with Crippen LogP contribution in [0.1, 0.15) is 17.2 Å². The van der Waals surface area contributed by atoms with Crippen molar-refractivity contribution in [1.29, 1.82) is 0 Å². The third-order valence-corrected chi connectivity index (χ3v) is 2.78. The van der Waals surface area contributed by atoms with Crippen LogP contribution in [0.25, 0.3) is 0 Å². The molecule has 1 heterocycles. The Morgan fingerprint density at radius 1 is 1.28 bits per heavy atom. The highest BCUT2D eigenvalue weighted by Gasteiger charge is 2.17. The summed E-state index contributed by atoms with van der Waals surface area (Å²) in [6.45, 7) is 0. The van der Waals surface area contributed by atoms with Crippen molar-refractivity contribution in [3.63, 3.8) is 0 Å². The Morgan fingerprint density at radius 3 is 2.61 bits per heavy atom. The lowest BCUT2D eigenvalue weighted by Crippen LogP contribution is -2.02. The monoisotopic (exact) mass is 248 g/mol. The van der Waals surface area contributed by atoms with Gasteiger partial charge in [-0.25, -0.2) is 0 Å². The first kappa shape index (κ1) is 12.4. The molecular formula is C13H16N2O3. The largest absolute Gasteiger partial charge is 0.497 e. The van der Waals surface area contributed by atoms with Gasteiger partial charge in [0, 0.05) is 30.4 Å². The predicted octanol–water partition coefficient (Wildman–Crippen LogP) is 1.52. The van der Waals surface area contributed by atoms with Crippen LogP contribution in [0, 0.1) is 0 Å². The van der Waals surface area contributed by atoms with Crippen LogP contribution in [0.2, 0.25) is 0 Å². The minimum atomic E-state index is -0.764. The summed E-state index contributed by atoms with van der Waals surface area (Å²) in [4.78, 5) is 0. The van der Waals surface area contributed by atoms with Crippen LogP contribution >= 0.6 is 0 Å². The second-order valence-corrected chi connectivity index (χ2v) is 3.96. The third-order valence-electron chi connectivity index (χ3n) is 2.78. The molecule has 0 aliphatic heterocycles. The molecule has 1 aromatic carbocycles. The summed E-state index contributed by atoms with van der Waals surface area (Å²) in [6.07, 6.45) is 2.64. The van der Waals surface area contributed by atoms with Crippen LogP contribution < -0.4 is 9.47 Å². The number of rotatable bonds is 4. The molecule has 0 bridgehead atoms. The molecule has 1 aromatic heterocycles. The Labute approximate surface area is 106 Å². The predicted molar refractivity (Wildman–Crippen MR) is 66.8 cm³/mol. The number of hydrogen-bond acceptors (Lipinski definition) is 4. The first-order valence-electron chi connectivity index (χ1n) is 5.54. The number of aromatic nitrogens is 2. The van der Waals surface area contributed by atoms with Crippen molar-refractivity contribution in [1.82, 2.24) is 9.78 Å². The van der Waals surface area contributed by atoms with Gasteiger partial charge < -0.3 is 14.6 Å². The molecule has 0 aliphatic rings. The van der Waals surface area contributed by atoms with Gasteiger partial charge in [0.25, 0.3) is 0 Å². The van der Waals surface area contributed by atoms with Crippen molar-refractivity contribution in [2.24, 2.45) is 7.05 Å². The molecule has 0 fully saturated rings. The molecule has 5 nitrogen and oxygen atoms in total. The van der Waals surface area contributed by atoms with E-state index in [1.165, 1.54) is 0 Å². The molecule has 0 spiro atoms. The van der Waals surface area contributed by atoms with Crippen molar-refractivity contribution in [2.75, 3.05) is 14.2 Å². The zero-order chi connectivity index (χ0) is 13.1. The van der Waals surface area contributed by atoms with Crippen molar-refractivity contribution < 1.29 is 14.6 Å². The first-order valence-corrected chi connectivity index (χ1v) is 5.54. The van der Waals surface area contributed by atoms with Crippen molar-refractivity contribution in [3.05, 3.63) is 41.7 Å². The smallest absolute Gasteiger partial charge is 0.128 e. The van der Waals surface area contributed by atoms with Gasteiger partial charge in [-0.1, -0.05) is 0 Å². The van der Waals surface area contributed by atoms with Crippen LogP contribution in [-0.4, -0.2) is 29.1 Å². The van der Waals surface area contributed by atoms with E-state index < -0.39 is 6.10 Å². The molecule has 0 saturated carbocycles. The van der Waals surface area contributed by atoms with Crippen LogP contribution in [-0.2, 0) is 7.05 Å². The van der Waals surface area contributed by atoms with Gasteiger partial charge in [0.2, 0.25) is 0 Å². The molecule has 96 valence electrons. The van der Waals surface area contributed by atoms with Crippen molar-refractivity contribution >= 4 is 0 Å². The minimum absolute atomic E-state index is 0.589. The molecule has 0 radical (unpaired) electrons. The molecule has 0 saturated heterocycles. The number of nitrogens with zero attached hydrogens (tertiary/aromatic N) is 2. The summed E-state index contributed by atoms with van der Waals surface area (Å²) in [6, 6.07) is 5.32. The van der Waals surface area contributed by atoms with E-state index in [0.29, 0.717) is 17.1 Å². The van der Waals surface area contributed by atoms with E-state index in [2.05, 4.69) is 5.10 Å². The van der Waals surface area contributed by atoms with E-state index in [4.69, 9.17) is 9.47 Å². The lowest BCUT2D eigenvalue weighted by molar-refractivity contribution is 0.214. The maximum absolute atomic E-state index is 10.3. The number of aliphatic hydroxyl groups is 1. The fraction of sp³-hybridized carbons (Fsp3) is 0.308. The standard InChI is InChI=1S/C13H16N2O3/c1-15-8-9(7-14-15)13(16)11-5-4-10(17-2)6-12(11)18-3/h4-8,13,16H,1-3H3. The summed E-state index contributed by atoms with van der Waals surface area (Å²) in [5.74, 6) is 1.28. The Morgan fingerprint density at radius 2 is 2.06 bits per heavy atom. The van der Waals surface area contributed by atoms with E-state index in [9.17, 15) is 5.11 Å². The van der Waals surface area contributed by atoms with Crippen LogP contribution in [0.4, 0.5) is 0 Å². The number of hydrogen-bond donors (Lipinski definition) is 1. The fourth-order valence-electron chi connectivity index (χ4n) is 1.81. The van der Waals surface area contributed by atoms with Crippen LogP contribution in [0.3, 0.4) is 0 Å². The lowest BCUT2D eigenvalue weighted by atomic mass is 10.0. The van der Waals surface area contributed by atoms with Gasteiger partial charge >= 0.3 is 0 Å². The topological polar surface area (TPSA) is 56.5 Å². The highest BCUT2D eigenvalue weighted by molar-refractivity contribution is 5.44. The number of methoxy groups -OCH3 is 2. The summed E-state index contributed by atoms with van der Waals surface area (Å²) in [5, 5.41) is 14.4. The summed E-state index contributed by atoms with van der Waals surface area (Å²) < 4.78 is 12.0. The average Bonchev–Trinajstić information content (AvgIpc) is 2.83. The number of aryl methyl sites for hydroxylation is 1. The van der Waals surface area contributed by atoms with Gasteiger partial charge in [-0.15, -0.1) is 0 Å². The third kappa shape index (κ3) is 2.31. The Balaban J connectivity index is 2.38. The highest BCUT2D eigenvalue weighted by Crippen LogP contribution is 2.32. The van der Waals surface area contributed by atoms with Gasteiger partial charge in [0.15, 0.2) is 0 Å². The van der Waals surface area contributed by atoms with E-state index in [1.54, 1.807) is 49.5 Å². The van der Waals surface area contributed by atoms with Crippen LogP contribution in [0.5, 0.6) is 11.5 Å². The summed E-state index contributed by atoms with van der Waals surface area (Å²) >= 11 is 0. The quantitative estimate of drug-likeness (QED) is 0.891. The first-order chi connectivity index (χ1) is 8.65. The van der Waals surface area contributed by atoms with Crippen LogP contribution in [0.15, 0.2) is 30.6 Å². The normalized spacial score (nSPS) is 12.2. The molecule has 1 N–H and O–H groups in total. The molecule has 18 heavy (non-hydrogen) atoms. The molecular weight excluding hydrogens is 232 g/mol. The van der Waals surface area contributed by atoms with Gasteiger partial charge in [-0.3, -0.25) is 4.68 Å². The number of benzene rings is 1. The van der Waals surface area contributed by atoms with Gasteiger partial charge in [0.05, 0.1) is 20.4 Å². The molecule has 1 unspecified atom stereocenters. The molecule has 2 rings (SSSR count). The number of ether oxygens (including phenoxy) is 2. The zero-order valence-electron chi connectivity index (χ0n) is 10.6. The minimum Gasteiger partial charge on any atom is -0.497 e. The zero-order valence-corrected chi connectivity index (χ0v) is 10.6. The Kier molecular flexibility index (Phi) is 3.53. The van der Waals surface area contributed by atoms with Crippen molar-refractivity contribution in [3.8, 4) is 11.5 Å². The molecule has 5 heteroatoms. The lowest BCUT2D eigenvalue weighted by Gasteiger charge is -2.14. The average molecular weight is 248 g/mol. The molecule has 1 atom stereocenters. The van der Waals surface area contributed by atoms with Gasteiger partial charge in [0.1, 0.15) is 17.6 Å². The fourth-order valence-corrected chi connectivity index (χ4v) is 1.81. The summed E-state index contributed by atoms with van der Waals surface area (Å²) in [7, 11) is 4.96.